The third-order valence-corrected chi connectivity index (χ3v) is 3.51. The minimum absolute atomic E-state index is 0.509. The lowest BCUT2D eigenvalue weighted by atomic mass is 10.1. The maximum atomic E-state index is 9.56. The van der Waals surface area contributed by atoms with Gasteiger partial charge in [0.05, 0.1) is 29.1 Å². The first-order valence-electron chi connectivity index (χ1n) is 6.58. The number of hydrogen-bond acceptors (Lipinski definition) is 3. The molecular formula is C16H19ClN2O. The summed E-state index contributed by atoms with van der Waals surface area (Å²) in [7, 11) is 1.98. The van der Waals surface area contributed by atoms with Gasteiger partial charge >= 0.3 is 0 Å². The van der Waals surface area contributed by atoms with E-state index in [1.807, 2.05) is 50.4 Å². The van der Waals surface area contributed by atoms with Crippen LogP contribution in [0.15, 0.2) is 36.4 Å². The predicted molar refractivity (Wildman–Crippen MR) is 83.2 cm³/mol. The summed E-state index contributed by atoms with van der Waals surface area (Å²) in [4.78, 5) is 6.54. The maximum Gasteiger partial charge on any atom is 0.0762 e. The second kappa shape index (κ2) is 6.25. The molecule has 0 amide bonds. The second-order valence-electron chi connectivity index (χ2n) is 5.01. The van der Waals surface area contributed by atoms with E-state index in [1.54, 1.807) is 6.92 Å². The molecule has 1 aromatic heterocycles. The van der Waals surface area contributed by atoms with Crippen molar-refractivity contribution in [3.8, 4) is 0 Å². The lowest BCUT2D eigenvalue weighted by molar-refractivity contribution is 0.199. The van der Waals surface area contributed by atoms with Gasteiger partial charge in [-0.15, -0.1) is 0 Å². The van der Waals surface area contributed by atoms with E-state index in [9.17, 15) is 5.11 Å². The number of anilines is 1. The molecule has 1 atom stereocenters. The van der Waals surface area contributed by atoms with Crippen LogP contribution in [0.4, 0.5) is 5.69 Å². The zero-order valence-corrected chi connectivity index (χ0v) is 12.7. The van der Waals surface area contributed by atoms with Gasteiger partial charge in [0, 0.05) is 12.7 Å². The van der Waals surface area contributed by atoms with Crippen molar-refractivity contribution >= 4 is 17.3 Å². The smallest absolute Gasteiger partial charge is 0.0762 e. The molecule has 0 saturated carbocycles. The fourth-order valence-corrected chi connectivity index (χ4v) is 2.44. The van der Waals surface area contributed by atoms with Gasteiger partial charge in [-0.05, 0) is 43.7 Å². The standard InChI is InChI=1S/C16H19ClN2O/c1-11-5-4-6-14(18-11)10-19(3)16-8-7-13(12(2)20)9-15(16)17/h4-9,12,20H,10H2,1-3H3/t12-/m1/s1. The molecule has 0 bridgehead atoms. The quantitative estimate of drug-likeness (QED) is 0.932. The summed E-state index contributed by atoms with van der Waals surface area (Å²) in [6, 6.07) is 11.6. The summed E-state index contributed by atoms with van der Waals surface area (Å²) in [5, 5.41) is 10.2. The van der Waals surface area contributed by atoms with E-state index in [-0.39, 0.29) is 0 Å². The van der Waals surface area contributed by atoms with Crippen molar-refractivity contribution in [2.75, 3.05) is 11.9 Å². The molecule has 0 spiro atoms. The number of nitrogens with zero attached hydrogens (tertiary/aromatic N) is 2. The minimum Gasteiger partial charge on any atom is -0.389 e. The van der Waals surface area contributed by atoms with Gasteiger partial charge in [0.25, 0.3) is 0 Å². The molecule has 0 unspecified atom stereocenters. The normalized spacial score (nSPS) is 12.2. The molecule has 2 rings (SSSR count). The molecule has 1 heterocycles. The minimum atomic E-state index is -0.509. The summed E-state index contributed by atoms with van der Waals surface area (Å²) >= 11 is 6.29. The van der Waals surface area contributed by atoms with E-state index in [0.717, 1.165) is 22.6 Å². The Morgan fingerprint density at radius 1 is 1.30 bits per heavy atom. The highest BCUT2D eigenvalue weighted by Gasteiger charge is 2.10. The number of benzene rings is 1. The van der Waals surface area contributed by atoms with Crippen LogP contribution in [-0.2, 0) is 6.54 Å². The zero-order valence-electron chi connectivity index (χ0n) is 12.0. The van der Waals surface area contributed by atoms with Gasteiger partial charge in [-0.2, -0.15) is 0 Å². The van der Waals surface area contributed by atoms with Crippen LogP contribution in [0.2, 0.25) is 5.02 Å². The summed E-state index contributed by atoms with van der Waals surface area (Å²) in [6.45, 7) is 4.40. The lowest BCUT2D eigenvalue weighted by Crippen LogP contribution is -2.18. The first-order chi connectivity index (χ1) is 9.47. The Bertz CT molecular complexity index is 599. The molecule has 0 aliphatic rings. The Kier molecular flexibility index (Phi) is 4.63. The van der Waals surface area contributed by atoms with Gasteiger partial charge in [0.1, 0.15) is 0 Å². The van der Waals surface area contributed by atoms with Crippen molar-refractivity contribution in [1.29, 1.82) is 0 Å². The molecule has 3 nitrogen and oxygen atoms in total. The lowest BCUT2D eigenvalue weighted by Gasteiger charge is -2.21. The number of aliphatic hydroxyl groups excluding tert-OH is 1. The summed E-state index contributed by atoms with van der Waals surface area (Å²) in [5.41, 5.74) is 3.76. The topological polar surface area (TPSA) is 36.4 Å². The van der Waals surface area contributed by atoms with E-state index in [1.165, 1.54) is 0 Å². The van der Waals surface area contributed by atoms with Crippen molar-refractivity contribution in [3.05, 3.63) is 58.4 Å². The van der Waals surface area contributed by atoms with Crippen molar-refractivity contribution in [2.45, 2.75) is 26.5 Å². The molecule has 0 aliphatic heterocycles. The van der Waals surface area contributed by atoms with Crippen LogP contribution in [0, 0.1) is 6.92 Å². The van der Waals surface area contributed by atoms with Crippen LogP contribution in [0.3, 0.4) is 0 Å². The summed E-state index contributed by atoms with van der Waals surface area (Å²) in [5.74, 6) is 0. The highest BCUT2D eigenvalue weighted by Crippen LogP contribution is 2.29. The maximum absolute atomic E-state index is 9.56. The summed E-state index contributed by atoms with van der Waals surface area (Å²) < 4.78 is 0. The van der Waals surface area contributed by atoms with E-state index >= 15 is 0 Å². The number of aryl methyl sites for hydroxylation is 1. The molecule has 1 N–H and O–H groups in total. The molecule has 1 aromatic carbocycles. The van der Waals surface area contributed by atoms with Gasteiger partial charge in [-0.3, -0.25) is 4.98 Å². The Hall–Kier alpha value is -1.58. The number of hydrogen-bond donors (Lipinski definition) is 1. The monoisotopic (exact) mass is 290 g/mol. The van der Waals surface area contributed by atoms with E-state index in [4.69, 9.17) is 11.6 Å². The molecule has 0 saturated heterocycles. The molecule has 0 aliphatic carbocycles. The SMILES string of the molecule is Cc1cccc(CN(C)c2ccc([C@@H](C)O)cc2Cl)n1. The third kappa shape index (κ3) is 3.50. The van der Waals surface area contributed by atoms with Crippen LogP contribution in [-0.4, -0.2) is 17.1 Å². The Balaban J connectivity index is 2.19. The Morgan fingerprint density at radius 3 is 2.65 bits per heavy atom. The second-order valence-corrected chi connectivity index (χ2v) is 5.42. The van der Waals surface area contributed by atoms with Crippen molar-refractivity contribution < 1.29 is 5.11 Å². The molecule has 0 radical (unpaired) electrons. The van der Waals surface area contributed by atoms with Gasteiger partial charge in [-0.25, -0.2) is 0 Å². The average molecular weight is 291 g/mol. The first-order valence-corrected chi connectivity index (χ1v) is 6.96. The first kappa shape index (κ1) is 14.8. The molecule has 106 valence electrons. The average Bonchev–Trinajstić information content (AvgIpc) is 2.38. The highest BCUT2D eigenvalue weighted by molar-refractivity contribution is 6.33. The van der Waals surface area contributed by atoms with Crippen LogP contribution in [0.1, 0.15) is 30.0 Å². The molecule has 20 heavy (non-hydrogen) atoms. The van der Waals surface area contributed by atoms with Gasteiger partial charge < -0.3 is 10.0 Å². The number of rotatable bonds is 4. The third-order valence-electron chi connectivity index (χ3n) is 3.21. The fourth-order valence-electron chi connectivity index (χ4n) is 2.11. The zero-order chi connectivity index (χ0) is 14.7. The number of halogens is 1. The predicted octanol–water partition coefficient (Wildman–Crippen LogP) is 3.73. The van der Waals surface area contributed by atoms with Crippen LogP contribution in [0.5, 0.6) is 0 Å². The molecule has 2 aromatic rings. The van der Waals surface area contributed by atoms with Crippen LogP contribution in [0.25, 0.3) is 0 Å². The van der Waals surface area contributed by atoms with Gasteiger partial charge in [-0.1, -0.05) is 23.7 Å². The number of aliphatic hydroxyl groups is 1. The summed E-state index contributed by atoms with van der Waals surface area (Å²) in [6.07, 6.45) is -0.509. The van der Waals surface area contributed by atoms with Crippen molar-refractivity contribution in [2.24, 2.45) is 0 Å². The van der Waals surface area contributed by atoms with E-state index < -0.39 is 6.10 Å². The largest absolute Gasteiger partial charge is 0.389 e. The van der Waals surface area contributed by atoms with Crippen molar-refractivity contribution in [3.63, 3.8) is 0 Å². The number of pyridine rings is 1. The van der Waals surface area contributed by atoms with E-state index in [2.05, 4.69) is 9.88 Å². The fraction of sp³-hybridized carbons (Fsp3) is 0.312. The van der Waals surface area contributed by atoms with Gasteiger partial charge in [0.2, 0.25) is 0 Å². The molecule has 0 fully saturated rings. The number of aromatic nitrogens is 1. The Labute approximate surface area is 124 Å². The van der Waals surface area contributed by atoms with Crippen LogP contribution >= 0.6 is 11.6 Å². The Morgan fingerprint density at radius 2 is 2.05 bits per heavy atom. The van der Waals surface area contributed by atoms with Crippen molar-refractivity contribution in [1.82, 2.24) is 4.98 Å². The molecular weight excluding hydrogens is 272 g/mol. The molecule has 4 heteroatoms. The van der Waals surface area contributed by atoms with E-state index in [0.29, 0.717) is 11.6 Å². The van der Waals surface area contributed by atoms with Gasteiger partial charge in [0.15, 0.2) is 0 Å². The highest BCUT2D eigenvalue weighted by atomic mass is 35.5. The van der Waals surface area contributed by atoms with Crippen LogP contribution < -0.4 is 4.90 Å².